The Bertz CT molecular complexity index is 875. The van der Waals surface area contributed by atoms with Gasteiger partial charge >= 0.3 is 0 Å². The molecule has 2 heterocycles. The maximum absolute atomic E-state index is 12.7. The number of nitrogens with zero attached hydrogens (tertiary/aromatic N) is 3. The summed E-state index contributed by atoms with van der Waals surface area (Å²) in [4.78, 5) is 20.8. The molecule has 0 aliphatic heterocycles. The highest BCUT2D eigenvalue weighted by Crippen LogP contribution is 2.19. The molecule has 1 amide bonds. The number of imidazole rings is 1. The molecule has 3 rings (SSSR count). The van der Waals surface area contributed by atoms with Crippen LogP contribution in [0.15, 0.2) is 61.4 Å². The number of carbonyl (C=O) groups is 1. The molecule has 0 spiro atoms. The molecule has 0 saturated heterocycles. The molecule has 1 unspecified atom stereocenters. The van der Waals surface area contributed by atoms with Crippen molar-refractivity contribution >= 4 is 40.1 Å². The first-order chi connectivity index (χ1) is 13.1. The Hall–Kier alpha value is -2.13. The number of pyridine rings is 1. The van der Waals surface area contributed by atoms with Gasteiger partial charge in [0.05, 0.1) is 35.8 Å². The van der Waals surface area contributed by atoms with Gasteiger partial charge in [0.2, 0.25) is 0 Å². The summed E-state index contributed by atoms with van der Waals surface area (Å²) in [6, 6.07) is 8.89. The Morgan fingerprint density at radius 3 is 2.89 bits per heavy atom. The zero-order valence-electron chi connectivity index (χ0n) is 14.4. The van der Waals surface area contributed by atoms with E-state index in [2.05, 4.69) is 37.9 Å². The Morgan fingerprint density at radius 2 is 2.19 bits per heavy atom. The summed E-state index contributed by atoms with van der Waals surface area (Å²) in [5.41, 5.74) is 0.459. The minimum atomic E-state index is -0.206. The van der Waals surface area contributed by atoms with Crippen molar-refractivity contribution in [1.29, 1.82) is 0 Å². The first-order valence-corrected chi connectivity index (χ1v) is 9.82. The van der Waals surface area contributed by atoms with E-state index in [4.69, 9.17) is 16.3 Å². The van der Waals surface area contributed by atoms with Crippen LogP contribution in [0.3, 0.4) is 0 Å². The molecule has 6 nitrogen and oxygen atoms in total. The second-order valence-corrected chi connectivity index (χ2v) is 7.53. The highest BCUT2D eigenvalue weighted by atomic mass is 127. The van der Waals surface area contributed by atoms with Gasteiger partial charge in [0.1, 0.15) is 5.75 Å². The molecule has 1 atom stereocenters. The zero-order chi connectivity index (χ0) is 19.1. The fourth-order valence-electron chi connectivity index (χ4n) is 2.55. The van der Waals surface area contributed by atoms with E-state index in [1.54, 1.807) is 37.1 Å². The van der Waals surface area contributed by atoms with Gasteiger partial charge in [0.15, 0.2) is 0 Å². The van der Waals surface area contributed by atoms with E-state index in [1.807, 2.05) is 29.0 Å². The first-order valence-electron chi connectivity index (χ1n) is 8.36. The Kier molecular flexibility index (Phi) is 7.05. The molecule has 0 saturated carbocycles. The predicted octanol–water partition coefficient (Wildman–Crippen LogP) is 3.80. The molecule has 8 heteroatoms. The Labute approximate surface area is 176 Å². The standard InChI is InChI=1S/C19H18ClIN4O2/c20-18-10-14(21)3-4-17(18)19(26)24-15(12-25-8-7-23-13-25)5-9-27-16-2-1-6-22-11-16/h1-4,6-8,10-11,13,15H,5,9,12H2,(H,24,26). The van der Waals surface area contributed by atoms with Crippen molar-refractivity contribution in [3.8, 4) is 5.75 Å². The van der Waals surface area contributed by atoms with Gasteiger partial charge in [-0.1, -0.05) is 11.6 Å². The monoisotopic (exact) mass is 496 g/mol. The van der Waals surface area contributed by atoms with Crippen LogP contribution in [0.1, 0.15) is 16.8 Å². The van der Waals surface area contributed by atoms with Crippen molar-refractivity contribution in [3.05, 3.63) is 75.6 Å². The lowest BCUT2D eigenvalue weighted by atomic mass is 10.1. The van der Waals surface area contributed by atoms with E-state index in [-0.39, 0.29) is 11.9 Å². The van der Waals surface area contributed by atoms with E-state index < -0.39 is 0 Å². The van der Waals surface area contributed by atoms with E-state index >= 15 is 0 Å². The van der Waals surface area contributed by atoms with Crippen LogP contribution < -0.4 is 10.1 Å². The molecule has 0 aliphatic carbocycles. The SMILES string of the molecule is O=C(NC(CCOc1cccnc1)Cn1ccnc1)c1ccc(I)cc1Cl. The molecular formula is C19H18ClIN4O2. The summed E-state index contributed by atoms with van der Waals surface area (Å²) in [5, 5.41) is 3.49. The van der Waals surface area contributed by atoms with Crippen molar-refractivity contribution in [1.82, 2.24) is 19.9 Å². The number of rotatable bonds is 8. The quantitative estimate of drug-likeness (QED) is 0.482. The van der Waals surface area contributed by atoms with Crippen LogP contribution >= 0.6 is 34.2 Å². The number of hydrogen-bond acceptors (Lipinski definition) is 4. The van der Waals surface area contributed by atoms with Gasteiger partial charge in [-0.15, -0.1) is 0 Å². The lowest BCUT2D eigenvalue weighted by molar-refractivity contribution is 0.0926. The third kappa shape index (κ3) is 5.93. The summed E-state index contributed by atoms with van der Waals surface area (Å²) < 4.78 is 8.62. The van der Waals surface area contributed by atoms with Crippen molar-refractivity contribution in [2.75, 3.05) is 6.61 Å². The van der Waals surface area contributed by atoms with Crippen LogP contribution in [-0.2, 0) is 6.54 Å². The van der Waals surface area contributed by atoms with Gasteiger partial charge in [-0.2, -0.15) is 0 Å². The lowest BCUT2D eigenvalue weighted by Crippen LogP contribution is -2.39. The van der Waals surface area contributed by atoms with Gasteiger partial charge < -0.3 is 14.6 Å². The van der Waals surface area contributed by atoms with Crippen molar-refractivity contribution < 1.29 is 9.53 Å². The molecule has 0 fully saturated rings. The fraction of sp³-hybridized carbons (Fsp3) is 0.211. The third-order valence-electron chi connectivity index (χ3n) is 3.87. The summed E-state index contributed by atoms with van der Waals surface area (Å²) in [6.07, 6.45) is 9.27. The normalized spacial score (nSPS) is 11.8. The summed E-state index contributed by atoms with van der Waals surface area (Å²) in [5.74, 6) is 0.494. The molecule has 140 valence electrons. The topological polar surface area (TPSA) is 69.0 Å². The third-order valence-corrected chi connectivity index (χ3v) is 4.85. The molecule has 0 aliphatic rings. The smallest absolute Gasteiger partial charge is 0.253 e. The number of amides is 1. The summed E-state index contributed by atoms with van der Waals surface area (Å²) in [6.45, 7) is 1.04. The fourth-order valence-corrected chi connectivity index (χ4v) is 3.49. The first kappa shape index (κ1) is 19.6. The van der Waals surface area contributed by atoms with Crippen LogP contribution in [0.25, 0.3) is 0 Å². The maximum atomic E-state index is 12.7. The number of benzene rings is 1. The van der Waals surface area contributed by atoms with E-state index in [0.29, 0.717) is 35.9 Å². The predicted molar refractivity (Wildman–Crippen MR) is 112 cm³/mol. The number of ether oxygens (including phenoxy) is 1. The number of nitrogens with one attached hydrogen (secondary N) is 1. The number of hydrogen-bond donors (Lipinski definition) is 1. The van der Waals surface area contributed by atoms with E-state index in [0.717, 1.165) is 3.57 Å². The molecule has 1 aromatic carbocycles. The van der Waals surface area contributed by atoms with E-state index in [9.17, 15) is 4.79 Å². The number of carbonyl (C=O) groups excluding carboxylic acids is 1. The second-order valence-electron chi connectivity index (χ2n) is 5.88. The summed E-state index contributed by atoms with van der Waals surface area (Å²) in [7, 11) is 0. The van der Waals surface area contributed by atoms with Crippen molar-refractivity contribution in [2.24, 2.45) is 0 Å². The Morgan fingerprint density at radius 1 is 1.30 bits per heavy atom. The highest BCUT2D eigenvalue weighted by molar-refractivity contribution is 14.1. The van der Waals surface area contributed by atoms with Crippen LogP contribution in [0, 0.1) is 3.57 Å². The highest BCUT2D eigenvalue weighted by Gasteiger charge is 2.17. The van der Waals surface area contributed by atoms with Crippen LogP contribution in [0.2, 0.25) is 5.02 Å². The minimum Gasteiger partial charge on any atom is -0.492 e. The minimum absolute atomic E-state index is 0.140. The molecular weight excluding hydrogens is 479 g/mol. The maximum Gasteiger partial charge on any atom is 0.253 e. The van der Waals surface area contributed by atoms with Gasteiger partial charge in [0.25, 0.3) is 5.91 Å². The number of halogens is 2. The lowest BCUT2D eigenvalue weighted by Gasteiger charge is -2.20. The average Bonchev–Trinajstić information content (AvgIpc) is 3.15. The summed E-state index contributed by atoms with van der Waals surface area (Å²) >= 11 is 8.38. The van der Waals surface area contributed by atoms with Crippen LogP contribution in [0.4, 0.5) is 0 Å². The Balaban J connectivity index is 1.64. The van der Waals surface area contributed by atoms with Gasteiger partial charge in [-0.25, -0.2) is 4.98 Å². The zero-order valence-corrected chi connectivity index (χ0v) is 17.3. The van der Waals surface area contributed by atoms with Crippen LogP contribution in [0.5, 0.6) is 5.75 Å². The van der Waals surface area contributed by atoms with Crippen molar-refractivity contribution in [2.45, 2.75) is 19.0 Å². The molecule has 0 radical (unpaired) electrons. The van der Waals surface area contributed by atoms with Gasteiger partial charge in [-0.05, 0) is 52.9 Å². The van der Waals surface area contributed by atoms with Gasteiger partial charge in [-0.3, -0.25) is 9.78 Å². The van der Waals surface area contributed by atoms with Gasteiger partial charge in [0, 0.05) is 35.1 Å². The second kappa shape index (κ2) is 9.70. The molecule has 2 aromatic heterocycles. The average molecular weight is 497 g/mol. The largest absolute Gasteiger partial charge is 0.492 e. The van der Waals surface area contributed by atoms with Crippen molar-refractivity contribution in [3.63, 3.8) is 0 Å². The molecule has 0 bridgehead atoms. The van der Waals surface area contributed by atoms with E-state index in [1.165, 1.54) is 0 Å². The molecule has 1 N–H and O–H groups in total. The van der Waals surface area contributed by atoms with Crippen LogP contribution in [-0.4, -0.2) is 33.1 Å². The molecule has 27 heavy (non-hydrogen) atoms. The molecule has 3 aromatic rings. The number of aromatic nitrogens is 3.